The Kier molecular flexibility index (Phi) is 5.00. The second-order valence-corrected chi connectivity index (χ2v) is 9.03. The van der Waals surface area contributed by atoms with Crippen molar-refractivity contribution >= 4 is 29.5 Å². The molecule has 3 fully saturated rings. The van der Waals surface area contributed by atoms with Crippen LogP contribution in [0.5, 0.6) is 0 Å². The van der Waals surface area contributed by atoms with Crippen LogP contribution < -0.4 is 16.4 Å². The lowest BCUT2D eigenvalue weighted by atomic mass is 9.83. The minimum atomic E-state index is -0.744. The molecule has 3 amide bonds. The quantitative estimate of drug-likeness (QED) is 0.720. The summed E-state index contributed by atoms with van der Waals surface area (Å²) in [5, 5.41) is 0. The topological polar surface area (TPSA) is 122 Å². The van der Waals surface area contributed by atoms with E-state index in [-0.39, 0.29) is 17.9 Å². The molecule has 9 nitrogen and oxygen atoms in total. The van der Waals surface area contributed by atoms with E-state index in [1.54, 1.807) is 6.07 Å². The first-order valence-electron chi connectivity index (χ1n) is 10.6. The molecular weight excluding hydrogens is 370 g/mol. The van der Waals surface area contributed by atoms with Crippen LogP contribution >= 0.6 is 0 Å². The number of hydrogen-bond acceptors (Lipinski definition) is 7. The number of amides is 3. The van der Waals surface area contributed by atoms with Gasteiger partial charge in [0.25, 0.3) is 5.91 Å². The summed E-state index contributed by atoms with van der Waals surface area (Å²) < 4.78 is 0. The van der Waals surface area contributed by atoms with E-state index in [0.29, 0.717) is 62.5 Å². The van der Waals surface area contributed by atoms with Gasteiger partial charge in [-0.15, -0.1) is 0 Å². The maximum atomic E-state index is 13.5. The van der Waals surface area contributed by atoms with Crippen molar-refractivity contribution in [2.75, 3.05) is 42.5 Å². The molecule has 0 aromatic carbocycles. The molecule has 1 aromatic heterocycles. The Labute approximate surface area is 171 Å². The van der Waals surface area contributed by atoms with E-state index in [9.17, 15) is 9.59 Å². The van der Waals surface area contributed by atoms with Gasteiger partial charge in [0, 0.05) is 32.2 Å². The molecule has 2 aliphatic heterocycles. The van der Waals surface area contributed by atoms with Gasteiger partial charge in [0.05, 0.1) is 0 Å². The van der Waals surface area contributed by atoms with E-state index in [4.69, 9.17) is 11.5 Å². The van der Waals surface area contributed by atoms with Crippen molar-refractivity contribution in [3.05, 3.63) is 6.07 Å². The molecule has 3 heterocycles. The second-order valence-electron chi connectivity index (χ2n) is 9.03. The summed E-state index contributed by atoms with van der Waals surface area (Å²) in [5.41, 5.74) is 10.8. The molecule has 1 saturated carbocycles. The van der Waals surface area contributed by atoms with Gasteiger partial charge in [-0.2, -0.15) is 9.97 Å². The fraction of sp³-hybridized carbons (Fsp3) is 0.700. The minimum absolute atomic E-state index is 0.0172. The maximum Gasteiger partial charge on any atom is 0.327 e. The summed E-state index contributed by atoms with van der Waals surface area (Å²) in [4.78, 5) is 40.3. The van der Waals surface area contributed by atoms with Gasteiger partial charge in [-0.1, -0.05) is 20.3 Å². The third kappa shape index (κ3) is 3.47. The van der Waals surface area contributed by atoms with E-state index in [2.05, 4.69) is 28.7 Å². The predicted molar refractivity (Wildman–Crippen MR) is 111 cm³/mol. The van der Waals surface area contributed by atoms with Crippen LogP contribution in [0.2, 0.25) is 0 Å². The average molecular weight is 402 g/mol. The third-order valence-electron chi connectivity index (χ3n) is 6.50. The summed E-state index contributed by atoms with van der Waals surface area (Å²) in [6.07, 6.45) is 4.57. The Balaban J connectivity index is 1.55. The van der Waals surface area contributed by atoms with Crippen LogP contribution in [0.3, 0.4) is 0 Å². The smallest absolute Gasteiger partial charge is 0.327 e. The number of carbonyl (C=O) groups excluding carboxylic acids is 2. The maximum absolute atomic E-state index is 13.5. The third-order valence-corrected chi connectivity index (χ3v) is 6.50. The summed E-state index contributed by atoms with van der Waals surface area (Å²) in [7, 11) is 0. The molecule has 3 aliphatic rings. The normalized spacial score (nSPS) is 22.1. The molecule has 2 saturated heterocycles. The van der Waals surface area contributed by atoms with Crippen LogP contribution in [0.4, 0.5) is 22.4 Å². The van der Waals surface area contributed by atoms with Gasteiger partial charge in [-0.05, 0) is 37.5 Å². The monoisotopic (exact) mass is 401 g/mol. The lowest BCUT2D eigenvalue weighted by Crippen LogP contribution is -2.57. The molecule has 4 rings (SSSR count). The molecule has 1 aliphatic carbocycles. The highest BCUT2D eigenvalue weighted by molar-refractivity contribution is 6.07. The van der Waals surface area contributed by atoms with Gasteiger partial charge in [0.2, 0.25) is 5.95 Å². The summed E-state index contributed by atoms with van der Waals surface area (Å²) in [5.74, 6) is 1.88. The summed E-state index contributed by atoms with van der Waals surface area (Å²) in [6, 6.07) is 1.59. The zero-order valence-electron chi connectivity index (χ0n) is 17.3. The molecule has 0 radical (unpaired) electrons. The highest BCUT2D eigenvalue weighted by atomic mass is 16.2. The van der Waals surface area contributed by atoms with Crippen LogP contribution in [0, 0.1) is 11.8 Å². The van der Waals surface area contributed by atoms with Crippen LogP contribution in [-0.2, 0) is 4.79 Å². The first-order valence-corrected chi connectivity index (χ1v) is 10.6. The average Bonchev–Trinajstić information content (AvgIpc) is 2.80. The molecule has 0 bridgehead atoms. The van der Waals surface area contributed by atoms with E-state index in [1.807, 2.05) is 4.90 Å². The standard InChI is InChI=1S/C20H31N7O2/c1-13(2)11-27-19(29)26(12-14-4-3-5-14)17(28)20(27)6-8-25(9-7-20)16-10-15(21)23-18(22)24-16/h10,13-14H,3-9,11-12H2,1-2H3,(H4,21,22,23,24). The number of nitrogen functional groups attached to an aromatic ring is 2. The lowest BCUT2D eigenvalue weighted by Gasteiger charge is -2.43. The van der Waals surface area contributed by atoms with Crippen molar-refractivity contribution < 1.29 is 9.59 Å². The van der Waals surface area contributed by atoms with Crippen molar-refractivity contribution in [2.45, 2.75) is 51.5 Å². The molecule has 4 N–H and O–H groups in total. The van der Waals surface area contributed by atoms with E-state index < -0.39 is 5.54 Å². The zero-order valence-corrected chi connectivity index (χ0v) is 17.3. The van der Waals surface area contributed by atoms with E-state index in [0.717, 1.165) is 12.8 Å². The first-order chi connectivity index (χ1) is 13.8. The summed E-state index contributed by atoms with van der Waals surface area (Å²) >= 11 is 0. The molecule has 0 atom stereocenters. The molecule has 1 spiro atoms. The number of aromatic nitrogens is 2. The summed E-state index contributed by atoms with van der Waals surface area (Å²) in [6.45, 7) is 6.56. The van der Waals surface area contributed by atoms with Gasteiger partial charge in [-0.3, -0.25) is 9.69 Å². The number of rotatable bonds is 5. The van der Waals surface area contributed by atoms with Crippen molar-refractivity contribution in [3.63, 3.8) is 0 Å². The first kappa shape index (κ1) is 19.7. The molecule has 158 valence electrons. The van der Waals surface area contributed by atoms with Crippen molar-refractivity contribution in [3.8, 4) is 0 Å². The predicted octanol–water partition coefficient (Wildman–Crippen LogP) is 1.70. The van der Waals surface area contributed by atoms with Gasteiger partial charge in [0.1, 0.15) is 17.2 Å². The minimum Gasteiger partial charge on any atom is -0.383 e. The highest BCUT2D eigenvalue weighted by Gasteiger charge is 2.58. The van der Waals surface area contributed by atoms with Gasteiger partial charge < -0.3 is 21.3 Å². The van der Waals surface area contributed by atoms with E-state index in [1.165, 1.54) is 11.3 Å². The van der Waals surface area contributed by atoms with Crippen molar-refractivity contribution in [1.82, 2.24) is 19.8 Å². The van der Waals surface area contributed by atoms with Crippen molar-refractivity contribution in [1.29, 1.82) is 0 Å². The number of hydrogen-bond donors (Lipinski definition) is 2. The number of imide groups is 1. The Morgan fingerprint density at radius 2 is 1.86 bits per heavy atom. The molecule has 1 aromatic rings. The number of piperidine rings is 1. The largest absolute Gasteiger partial charge is 0.383 e. The number of carbonyl (C=O) groups is 2. The fourth-order valence-corrected chi connectivity index (χ4v) is 4.72. The highest BCUT2D eigenvalue weighted by Crippen LogP contribution is 2.40. The number of nitrogens with two attached hydrogens (primary N) is 2. The van der Waals surface area contributed by atoms with Crippen LogP contribution in [0.1, 0.15) is 46.0 Å². The Morgan fingerprint density at radius 3 is 2.41 bits per heavy atom. The van der Waals surface area contributed by atoms with Gasteiger partial charge in [0.15, 0.2) is 0 Å². The lowest BCUT2D eigenvalue weighted by molar-refractivity contribution is -0.135. The Morgan fingerprint density at radius 1 is 1.17 bits per heavy atom. The van der Waals surface area contributed by atoms with Crippen LogP contribution in [0.25, 0.3) is 0 Å². The number of nitrogens with zero attached hydrogens (tertiary/aromatic N) is 5. The van der Waals surface area contributed by atoms with Crippen LogP contribution in [-0.4, -0.2) is 63.4 Å². The SMILES string of the molecule is CC(C)CN1C(=O)N(CC2CCC2)C(=O)C12CCN(c1cc(N)nc(N)n1)CC2. The number of urea groups is 1. The van der Waals surface area contributed by atoms with Gasteiger partial charge >= 0.3 is 6.03 Å². The number of anilines is 3. The molecule has 29 heavy (non-hydrogen) atoms. The van der Waals surface area contributed by atoms with Gasteiger partial charge in [-0.25, -0.2) is 4.79 Å². The van der Waals surface area contributed by atoms with Crippen LogP contribution in [0.15, 0.2) is 6.07 Å². The fourth-order valence-electron chi connectivity index (χ4n) is 4.72. The Bertz CT molecular complexity index is 780. The Hall–Kier alpha value is -2.58. The zero-order chi connectivity index (χ0) is 20.8. The van der Waals surface area contributed by atoms with Crippen molar-refractivity contribution in [2.24, 2.45) is 11.8 Å². The second kappa shape index (κ2) is 7.35. The molecular formula is C20H31N7O2. The molecule has 0 unspecified atom stereocenters. The van der Waals surface area contributed by atoms with E-state index >= 15 is 0 Å². The molecule has 9 heteroatoms.